The molecule has 1 amide bonds. The highest BCUT2D eigenvalue weighted by atomic mass is 16.1. The molecule has 1 aliphatic rings. The third-order valence-corrected chi connectivity index (χ3v) is 5.33. The van der Waals surface area contributed by atoms with E-state index < -0.39 is 0 Å². The Morgan fingerprint density at radius 3 is 2.23 bits per heavy atom. The minimum atomic E-state index is -0.0550. The average molecular weight is 351 g/mol. The SMILES string of the molecule is CC1CCN(Cc2ccc(C(=O)Nc3ccc(C(C)C)cc3)cc2)CC1. The summed E-state index contributed by atoms with van der Waals surface area (Å²) in [7, 11) is 0. The Labute approximate surface area is 157 Å². The first-order valence-electron chi connectivity index (χ1n) is 9.74. The Kier molecular flexibility index (Phi) is 6.10. The van der Waals surface area contributed by atoms with Gasteiger partial charge in [-0.2, -0.15) is 0 Å². The molecule has 26 heavy (non-hydrogen) atoms. The maximum Gasteiger partial charge on any atom is 0.255 e. The van der Waals surface area contributed by atoms with Crippen molar-refractivity contribution in [3.05, 3.63) is 65.2 Å². The van der Waals surface area contributed by atoms with E-state index in [9.17, 15) is 4.79 Å². The normalized spacial score (nSPS) is 16.0. The van der Waals surface area contributed by atoms with Crippen LogP contribution >= 0.6 is 0 Å². The number of rotatable bonds is 5. The van der Waals surface area contributed by atoms with Crippen molar-refractivity contribution in [2.24, 2.45) is 5.92 Å². The number of hydrogen-bond donors (Lipinski definition) is 1. The Morgan fingerprint density at radius 2 is 1.65 bits per heavy atom. The van der Waals surface area contributed by atoms with Gasteiger partial charge in [0.15, 0.2) is 0 Å². The maximum atomic E-state index is 12.4. The van der Waals surface area contributed by atoms with Crippen LogP contribution < -0.4 is 5.32 Å². The number of nitrogens with one attached hydrogen (secondary N) is 1. The van der Waals surface area contributed by atoms with Crippen molar-refractivity contribution in [1.82, 2.24) is 4.90 Å². The van der Waals surface area contributed by atoms with E-state index in [2.05, 4.69) is 55.3 Å². The van der Waals surface area contributed by atoms with Gasteiger partial charge in [0.05, 0.1) is 0 Å². The van der Waals surface area contributed by atoms with Gasteiger partial charge >= 0.3 is 0 Å². The lowest BCUT2D eigenvalue weighted by Crippen LogP contribution is -2.32. The van der Waals surface area contributed by atoms with Crippen molar-refractivity contribution in [3.8, 4) is 0 Å². The van der Waals surface area contributed by atoms with Crippen LogP contribution in [-0.2, 0) is 6.54 Å². The number of likely N-dealkylation sites (tertiary alicyclic amines) is 1. The smallest absolute Gasteiger partial charge is 0.255 e. The van der Waals surface area contributed by atoms with Crippen LogP contribution in [-0.4, -0.2) is 23.9 Å². The van der Waals surface area contributed by atoms with Crippen LogP contribution in [0.2, 0.25) is 0 Å². The van der Waals surface area contributed by atoms with Gasteiger partial charge in [-0.1, -0.05) is 45.0 Å². The van der Waals surface area contributed by atoms with Gasteiger partial charge in [0, 0.05) is 17.8 Å². The number of nitrogens with zero attached hydrogens (tertiary/aromatic N) is 1. The summed E-state index contributed by atoms with van der Waals surface area (Å²) in [6, 6.07) is 16.1. The molecule has 138 valence electrons. The van der Waals surface area contributed by atoms with E-state index in [1.165, 1.54) is 37.1 Å². The molecule has 0 atom stereocenters. The molecule has 1 aliphatic heterocycles. The molecule has 3 rings (SSSR count). The third kappa shape index (κ3) is 4.95. The molecule has 1 fully saturated rings. The average Bonchev–Trinajstić information content (AvgIpc) is 2.64. The molecular weight excluding hydrogens is 320 g/mol. The lowest BCUT2D eigenvalue weighted by Gasteiger charge is -2.30. The zero-order valence-corrected chi connectivity index (χ0v) is 16.2. The molecule has 1 saturated heterocycles. The molecule has 3 nitrogen and oxygen atoms in total. The van der Waals surface area contributed by atoms with Crippen molar-refractivity contribution < 1.29 is 4.79 Å². The van der Waals surface area contributed by atoms with Crippen LogP contribution in [0, 0.1) is 5.92 Å². The molecule has 0 saturated carbocycles. The zero-order chi connectivity index (χ0) is 18.5. The van der Waals surface area contributed by atoms with Gasteiger partial charge in [0.25, 0.3) is 5.91 Å². The van der Waals surface area contributed by atoms with E-state index >= 15 is 0 Å². The molecule has 3 heteroatoms. The number of anilines is 1. The van der Waals surface area contributed by atoms with Crippen molar-refractivity contribution in [1.29, 1.82) is 0 Å². The van der Waals surface area contributed by atoms with Gasteiger partial charge in [0.1, 0.15) is 0 Å². The second-order valence-electron chi connectivity index (χ2n) is 7.89. The van der Waals surface area contributed by atoms with Gasteiger partial charge in [-0.3, -0.25) is 9.69 Å². The largest absolute Gasteiger partial charge is 0.322 e. The summed E-state index contributed by atoms with van der Waals surface area (Å²) in [5, 5.41) is 2.98. The summed E-state index contributed by atoms with van der Waals surface area (Å²) < 4.78 is 0. The summed E-state index contributed by atoms with van der Waals surface area (Å²) in [6.45, 7) is 10.00. The molecule has 1 heterocycles. The monoisotopic (exact) mass is 350 g/mol. The van der Waals surface area contributed by atoms with Crippen LogP contribution in [0.4, 0.5) is 5.69 Å². The minimum absolute atomic E-state index is 0.0550. The highest BCUT2D eigenvalue weighted by Crippen LogP contribution is 2.19. The van der Waals surface area contributed by atoms with Crippen molar-refractivity contribution in [3.63, 3.8) is 0 Å². The highest BCUT2D eigenvalue weighted by Gasteiger charge is 2.15. The van der Waals surface area contributed by atoms with Crippen molar-refractivity contribution in [2.45, 2.75) is 46.1 Å². The summed E-state index contributed by atoms with van der Waals surface area (Å²) in [4.78, 5) is 15.0. The molecule has 0 spiro atoms. The van der Waals surface area contributed by atoms with Crippen LogP contribution in [0.1, 0.15) is 61.0 Å². The minimum Gasteiger partial charge on any atom is -0.322 e. The number of piperidine rings is 1. The first-order chi connectivity index (χ1) is 12.5. The molecule has 0 unspecified atom stereocenters. The van der Waals surface area contributed by atoms with Crippen molar-refractivity contribution >= 4 is 11.6 Å². The maximum absolute atomic E-state index is 12.4. The number of carbonyl (C=O) groups is 1. The van der Waals surface area contributed by atoms with Gasteiger partial charge in [-0.05, 0) is 73.2 Å². The molecule has 1 N–H and O–H groups in total. The van der Waals surface area contributed by atoms with Crippen LogP contribution in [0.15, 0.2) is 48.5 Å². The van der Waals surface area contributed by atoms with E-state index in [4.69, 9.17) is 0 Å². The Bertz CT molecular complexity index is 711. The van der Waals surface area contributed by atoms with Crippen molar-refractivity contribution in [2.75, 3.05) is 18.4 Å². The van der Waals surface area contributed by atoms with E-state index in [-0.39, 0.29) is 5.91 Å². The van der Waals surface area contributed by atoms with Gasteiger partial charge < -0.3 is 5.32 Å². The van der Waals surface area contributed by atoms with Crippen LogP contribution in [0.3, 0.4) is 0 Å². The second-order valence-corrected chi connectivity index (χ2v) is 7.89. The van der Waals surface area contributed by atoms with Crippen LogP contribution in [0.5, 0.6) is 0 Å². The highest BCUT2D eigenvalue weighted by molar-refractivity contribution is 6.04. The predicted molar refractivity (Wildman–Crippen MR) is 109 cm³/mol. The van der Waals surface area contributed by atoms with E-state index in [1.54, 1.807) is 0 Å². The quantitative estimate of drug-likeness (QED) is 0.794. The fourth-order valence-electron chi connectivity index (χ4n) is 3.39. The topological polar surface area (TPSA) is 32.3 Å². The second kappa shape index (κ2) is 8.50. The molecular formula is C23H30N2O. The lowest BCUT2D eigenvalue weighted by molar-refractivity contribution is 0.102. The van der Waals surface area contributed by atoms with E-state index in [0.29, 0.717) is 11.5 Å². The molecule has 0 bridgehead atoms. The molecule has 2 aromatic carbocycles. The molecule has 0 aliphatic carbocycles. The first-order valence-corrected chi connectivity index (χ1v) is 9.74. The Hall–Kier alpha value is -2.13. The summed E-state index contributed by atoms with van der Waals surface area (Å²) in [6.07, 6.45) is 2.58. The molecule has 0 radical (unpaired) electrons. The predicted octanol–water partition coefficient (Wildman–Crippen LogP) is 5.29. The van der Waals surface area contributed by atoms with Crippen LogP contribution in [0.25, 0.3) is 0 Å². The summed E-state index contributed by atoms with van der Waals surface area (Å²) in [5.74, 6) is 1.29. The van der Waals surface area contributed by atoms with Gasteiger partial charge in [-0.25, -0.2) is 0 Å². The van der Waals surface area contributed by atoms with E-state index in [1.807, 2.05) is 24.3 Å². The molecule has 0 aromatic heterocycles. The fourth-order valence-corrected chi connectivity index (χ4v) is 3.39. The zero-order valence-electron chi connectivity index (χ0n) is 16.2. The summed E-state index contributed by atoms with van der Waals surface area (Å²) in [5.41, 5.74) is 4.09. The van der Waals surface area contributed by atoms with Gasteiger partial charge in [-0.15, -0.1) is 0 Å². The number of benzene rings is 2. The van der Waals surface area contributed by atoms with E-state index in [0.717, 1.165) is 18.2 Å². The Morgan fingerprint density at radius 1 is 1.04 bits per heavy atom. The fraction of sp³-hybridized carbons (Fsp3) is 0.435. The summed E-state index contributed by atoms with van der Waals surface area (Å²) >= 11 is 0. The molecule has 2 aromatic rings. The standard InChI is InChI=1S/C23H30N2O/c1-17(2)20-8-10-22(11-9-20)24-23(26)21-6-4-19(5-7-21)16-25-14-12-18(3)13-15-25/h4-11,17-18H,12-16H2,1-3H3,(H,24,26). The number of hydrogen-bond acceptors (Lipinski definition) is 2. The third-order valence-electron chi connectivity index (χ3n) is 5.33. The Balaban J connectivity index is 1.56. The van der Waals surface area contributed by atoms with Gasteiger partial charge in [0.2, 0.25) is 0 Å². The number of carbonyl (C=O) groups excluding carboxylic acids is 1. The first kappa shape index (κ1) is 18.7. The lowest BCUT2D eigenvalue weighted by atomic mass is 9.99. The number of amides is 1.